The van der Waals surface area contributed by atoms with Crippen LogP contribution in [0.2, 0.25) is 0 Å². The largest absolute Gasteiger partial charge is 0.315 e. The Hall–Kier alpha value is -0.340. The van der Waals surface area contributed by atoms with Gasteiger partial charge in [0.1, 0.15) is 0 Å². The predicted molar refractivity (Wildman–Crippen MR) is 69.2 cm³/mol. The molecule has 0 aromatic rings. The minimum absolute atomic E-state index is 0.599. The summed E-state index contributed by atoms with van der Waals surface area (Å²) < 4.78 is 0. The fourth-order valence-corrected chi connectivity index (χ4v) is 1.76. The maximum absolute atomic E-state index is 3.79. The smallest absolute Gasteiger partial charge is 0.0243 e. The van der Waals surface area contributed by atoms with Crippen molar-refractivity contribution in [3.05, 3.63) is 12.7 Å². The molecule has 0 aromatic heterocycles. The van der Waals surface area contributed by atoms with Crippen molar-refractivity contribution in [2.75, 3.05) is 26.7 Å². The second-order valence-corrected chi connectivity index (χ2v) is 5.09. The molecule has 0 aliphatic heterocycles. The van der Waals surface area contributed by atoms with Gasteiger partial charge in [-0.1, -0.05) is 33.8 Å². The molecule has 0 radical (unpaired) electrons. The number of likely N-dealkylation sites (N-methyl/N-ethyl adjacent to an activating group) is 1. The summed E-state index contributed by atoms with van der Waals surface area (Å²) >= 11 is 0. The third-order valence-corrected chi connectivity index (χ3v) is 2.66. The first kappa shape index (κ1) is 14.7. The molecule has 2 nitrogen and oxygen atoms in total. The van der Waals surface area contributed by atoms with Gasteiger partial charge in [0.2, 0.25) is 0 Å². The molecule has 0 spiro atoms. The monoisotopic (exact) mass is 212 g/mol. The molecular weight excluding hydrogens is 184 g/mol. The lowest BCUT2D eigenvalue weighted by Gasteiger charge is -2.31. The van der Waals surface area contributed by atoms with Gasteiger partial charge >= 0.3 is 0 Å². The van der Waals surface area contributed by atoms with Crippen molar-refractivity contribution in [1.82, 2.24) is 10.2 Å². The highest BCUT2D eigenvalue weighted by Gasteiger charge is 2.16. The van der Waals surface area contributed by atoms with Crippen LogP contribution in [0.15, 0.2) is 12.7 Å². The normalized spacial score (nSPS) is 13.9. The van der Waals surface area contributed by atoms with Gasteiger partial charge in [-0.25, -0.2) is 0 Å². The standard InChI is InChI=1S/C13H28N2/c1-7-8-15(6)13(12(4)5)10-14-9-11(2)3/h7,11-14H,1,8-10H2,2-6H3. The molecule has 0 bridgehead atoms. The zero-order valence-corrected chi connectivity index (χ0v) is 11.1. The Kier molecular flexibility index (Phi) is 7.71. The van der Waals surface area contributed by atoms with E-state index in [4.69, 9.17) is 0 Å². The SMILES string of the molecule is C=CCN(C)C(CNCC(C)C)C(C)C. The van der Waals surface area contributed by atoms with Crippen molar-refractivity contribution >= 4 is 0 Å². The van der Waals surface area contributed by atoms with Crippen LogP contribution in [0, 0.1) is 11.8 Å². The van der Waals surface area contributed by atoms with Crippen LogP contribution >= 0.6 is 0 Å². The Morgan fingerprint density at radius 1 is 1.20 bits per heavy atom. The first-order valence-corrected chi connectivity index (χ1v) is 6.00. The third-order valence-electron chi connectivity index (χ3n) is 2.66. The molecule has 0 aliphatic carbocycles. The molecule has 1 N–H and O–H groups in total. The van der Waals surface area contributed by atoms with E-state index in [2.05, 4.69) is 51.5 Å². The highest BCUT2D eigenvalue weighted by molar-refractivity contribution is 4.80. The average molecular weight is 212 g/mol. The van der Waals surface area contributed by atoms with E-state index in [-0.39, 0.29) is 0 Å². The van der Waals surface area contributed by atoms with Gasteiger partial charge in [-0.15, -0.1) is 6.58 Å². The van der Waals surface area contributed by atoms with E-state index in [0.29, 0.717) is 12.0 Å². The first-order valence-electron chi connectivity index (χ1n) is 6.00. The second-order valence-electron chi connectivity index (χ2n) is 5.09. The molecule has 0 saturated carbocycles. The van der Waals surface area contributed by atoms with E-state index in [1.807, 2.05) is 6.08 Å². The van der Waals surface area contributed by atoms with Crippen LogP contribution in [0.25, 0.3) is 0 Å². The summed E-state index contributed by atoms with van der Waals surface area (Å²) in [4.78, 5) is 2.37. The topological polar surface area (TPSA) is 15.3 Å². The fraction of sp³-hybridized carbons (Fsp3) is 0.846. The van der Waals surface area contributed by atoms with Crippen LogP contribution in [0.3, 0.4) is 0 Å². The molecule has 1 unspecified atom stereocenters. The summed E-state index contributed by atoms with van der Waals surface area (Å²) in [5, 5.41) is 3.53. The molecule has 0 saturated heterocycles. The highest BCUT2D eigenvalue weighted by atomic mass is 15.1. The van der Waals surface area contributed by atoms with Crippen molar-refractivity contribution in [2.45, 2.75) is 33.7 Å². The third kappa shape index (κ3) is 6.69. The Morgan fingerprint density at radius 2 is 1.80 bits per heavy atom. The molecule has 90 valence electrons. The minimum atomic E-state index is 0.599. The average Bonchev–Trinajstić information content (AvgIpc) is 2.11. The van der Waals surface area contributed by atoms with Gasteiger partial charge in [-0.2, -0.15) is 0 Å². The number of hydrogen-bond donors (Lipinski definition) is 1. The molecule has 0 rings (SSSR count). The molecule has 0 aliphatic rings. The van der Waals surface area contributed by atoms with Crippen LogP contribution < -0.4 is 5.32 Å². The predicted octanol–water partition coefficient (Wildman–Crippen LogP) is 2.37. The summed E-state index contributed by atoms with van der Waals surface area (Å²) in [7, 11) is 2.17. The molecule has 2 heteroatoms. The Balaban J connectivity index is 3.98. The molecule has 0 heterocycles. The van der Waals surface area contributed by atoms with Crippen LogP contribution in [0.1, 0.15) is 27.7 Å². The Labute approximate surface area is 95.7 Å². The lowest BCUT2D eigenvalue weighted by molar-refractivity contribution is 0.203. The second kappa shape index (κ2) is 7.89. The summed E-state index contributed by atoms with van der Waals surface area (Å²) in [5.41, 5.74) is 0. The fourth-order valence-electron chi connectivity index (χ4n) is 1.76. The van der Waals surface area contributed by atoms with E-state index in [0.717, 1.165) is 25.6 Å². The number of nitrogens with one attached hydrogen (secondary N) is 1. The molecular formula is C13H28N2. The van der Waals surface area contributed by atoms with Gasteiger partial charge in [-0.05, 0) is 25.4 Å². The molecule has 15 heavy (non-hydrogen) atoms. The van der Waals surface area contributed by atoms with E-state index in [9.17, 15) is 0 Å². The summed E-state index contributed by atoms with van der Waals surface area (Å²) in [6, 6.07) is 0.599. The van der Waals surface area contributed by atoms with Gasteiger partial charge in [0.05, 0.1) is 0 Å². The maximum Gasteiger partial charge on any atom is 0.0243 e. The molecule has 0 fully saturated rings. The zero-order chi connectivity index (χ0) is 11.8. The van der Waals surface area contributed by atoms with Crippen LogP contribution in [-0.4, -0.2) is 37.6 Å². The molecule has 0 amide bonds. The zero-order valence-electron chi connectivity index (χ0n) is 11.1. The summed E-state index contributed by atoms with van der Waals surface area (Å²) in [6.45, 7) is 16.0. The molecule has 0 aromatic carbocycles. The van der Waals surface area contributed by atoms with Gasteiger partial charge in [0, 0.05) is 19.1 Å². The quantitative estimate of drug-likeness (QED) is 0.621. The Bertz CT molecular complexity index is 164. The van der Waals surface area contributed by atoms with Gasteiger partial charge < -0.3 is 5.32 Å². The van der Waals surface area contributed by atoms with Crippen molar-refractivity contribution in [1.29, 1.82) is 0 Å². The van der Waals surface area contributed by atoms with Crippen molar-refractivity contribution in [3.8, 4) is 0 Å². The highest BCUT2D eigenvalue weighted by Crippen LogP contribution is 2.08. The van der Waals surface area contributed by atoms with Crippen molar-refractivity contribution in [3.63, 3.8) is 0 Å². The van der Waals surface area contributed by atoms with Crippen molar-refractivity contribution in [2.24, 2.45) is 11.8 Å². The van der Waals surface area contributed by atoms with E-state index in [1.165, 1.54) is 0 Å². The lowest BCUT2D eigenvalue weighted by atomic mass is 10.0. The molecule has 1 atom stereocenters. The number of rotatable bonds is 8. The minimum Gasteiger partial charge on any atom is -0.315 e. The first-order chi connectivity index (χ1) is 6.99. The Morgan fingerprint density at radius 3 is 2.20 bits per heavy atom. The van der Waals surface area contributed by atoms with Crippen molar-refractivity contribution < 1.29 is 0 Å². The number of hydrogen-bond acceptors (Lipinski definition) is 2. The van der Waals surface area contributed by atoms with Crippen LogP contribution in [0.5, 0.6) is 0 Å². The summed E-state index contributed by atoms with van der Waals surface area (Å²) in [6.07, 6.45) is 1.97. The maximum atomic E-state index is 3.79. The van der Waals surface area contributed by atoms with Gasteiger partial charge in [-0.3, -0.25) is 4.90 Å². The summed E-state index contributed by atoms with van der Waals surface area (Å²) in [5.74, 6) is 1.40. The van der Waals surface area contributed by atoms with E-state index < -0.39 is 0 Å². The van der Waals surface area contributed by atoms with Crippen LogP contribution in [-0.2, 0) is 0 Å². The lowest BCUT2D eigenvalue weighted by Crippen LogP contribution is -2.44. The van der Waals surface area contributed by atoms with Gasteiger partial charge in [0.25, 0.3) is 0 Å². The van der Waals surface area contributed by atoms with Gasteiger partial charge in [0.15, 0.2) is 0 Å². The van der Waals surface area contributed by atoms with Crippen LogP contribution in [0.4, 0.5) is 0 Å². The van der Waals surface area contributed by atoms with E-state index in [1.54, 1.807) is 0 Å². The number of nitrogens with zero attached hydrogens (tertiary/aromatic N) is 1. The van der Waals surface area contributed by atoms with E-state index >= 15 is 0 Å².